The van der Waals surface area contributed by atoms with Gasteiger partial charge in [-0.25, -0.2) is 0 Å². The fourth-order valence-electron chi connectivity index (χ4n) is 2.96. The van der Waals surface area contributed by atoms with Gasteiger partial charge in [0, 0.05) is 19.2 Å². The number of nitrogens with one attached hydrogen (secondary N) is 1. The minimum absolute atomic E-state index is 0.667. The molecule has 1 aliphatic heterocycles. The largest absolute Gasteiger partial charge is 0.316 e. The third-order valence-electron chi connectivity index (χ3n) is 3.69. The Kier molecular flexibility index (Phi) is 1.83. The Morgan fingerprint density at radius 1 is 1.36 bits per heavy atom. The number of hydrogen-bond donors (Lipinski definition) is 1. The van der Waals surface area contributed by atoms with Crippen LogP contribution in [-0.2, 0) is 7.05 Å². The van der Waals surface area contributed by atoms with Gasteiger partial charge in [0.2, 0.25) is 0 Å². The van der Waals surface area contributed by atoms with E-state index in [0.717, 1.165) is 11.8 Å². The van der Waals surface area contributed by atoms with E-state index in [1.807, 2.05) is 11.7 Å². The van der Waals surface area contributed by atoms with E-state index >= 15 is 0 Å². The lowest BCUT2D eigenvalue weighted by molar-refractivity contribution is 0.494. The second-order valence-corrected chi connectivity index (χ2v) is 4.66. The zero-order valence-corrected chi connectivity index (χ0v) is 8.48. The second-order valence-electron chi connectivity index (χ2n) is 4.66. The monoisotopic (exact) mass is 192 g/mol. The maximum atomic E-state index is 4.22. The van der Waals surface area contributed by atoms with Gasteiger partial charge in [-0.2, -0.15) is 0 Å². The van der Waals surface area contributed by atoms with Crippen molar-refractivity contribution in [1.29, 1.82) is 0 Å². The maximum Gasteiger partial charge on any atom is 0.0858 e. The topological polar surface area (TPSA) is 42.7 Å². The van der Waals surface area contributed by atoms with Crippen LogP contribution < -0.4 is 5.32 Å². The van der Waals surface area contributed by atoms with Crippen LogP contribution >= 0.6 is 0 Å². The summed E-state index contributed by atoms with van der Waals surface area (Å²) in [4.78, 5) is 0. The molecule has 4 nitrogen and oxygen atoms in total. The van der Waals surface area contributed by atoms with Gasteiger partial charge in [-0.15, -0.1) is 5.10 Å². The molecule has 0 aromatic carbocycles. The SMILES string of the molecule is Cn1cc(C2CC3CNCC3C2)nn1. The number of hydrogen-bond acceptors (Lipinski definition) is 3. The van der Waals surface area contributed by atoms with Gasteiger partial charge in [-0.05, 0) is 37.8 Å². The van der Waals surface area contributed by atoms with Gasteiger partial charge in [0.05, 0.1) is 5.69 Å². The van der Waals surface area contributed by atoms with Crippen LogP contribution in [0.3, 0.4) is 0 Å². The smallest absolute Gasteiger partial charge is 0.0858 e. The Bertz CT molecular complexity index is 321. The van der Waals surface area contributed by atoms with E-state index < -0.39 is 0 Å². The molecule has 2 atom stereocenters. The van der Waals surface area contributed by atoms with Gasteiger partial charge in [0.1, 0.15) is 0 Å². The highest BCUT2D eigenvalue weighted by molar-refractivity contribution is 5.08. The molecular weight excluding hydrogens is 176 g/mol. The van der Waals surface area contributed by atoms with Crippen LogP contribution in [0.1, 0.15) is 24.5 Å². The van der Waals surface area contributed by atoms with Crippen molar-refractivity contribution in [1.82, 2.24) is 20.3 Å². The molecule has 4 heteroatoms. The molecule has 3 rings (SSSR count). The van der Waals surface area contributed by atoms with Crippen molar-refractivity contribution >= 4 is 0 Å². The van der Waals surface area contributed by atoms with Gasteiger partial charge in [0.15, 0.2) is 0 Å². The van der Waals surface area contributed by atoms with E-state index in [0.29, 0.717) is 5.92 Å². The minimum atomic E-state index is 0.667. The normalized spacial score (nSPS) is 36.2. The zero-order valence-electron chi connectivity index (χ0n) is 8.48. The average molecular weight is 192 g/mol. The molecule has 0 spiro atoms. The van der Waals surface area contributed by atoms with E-state index in [1.54, 1.807) is 0 Å². The highest BCUT2D eigenvalue weighted by Gasteiger charge is 2.38. The number of nitrogens with zero attached hydrogens (tertiary/aromatic N) is 3. The molecule has 76 valence electrons. The summed E-state index contributed by atoms with van der Waals surface area (Å²) >= 11 is 0. The van der Waals surface area contributed by atoms with Crippen molar-refractivity contribution in [3.05, 3.63) is 11.9 Å². The molecule has 1 aliphatic carbocycles. The quantitative estimate of drug-likeness (QED) is 0.705. The molecule has 0 radical (unpaired) electrons. The van der Waals surface area contributed by atoms with E-state index in [-0.39, 0.29) is 0 Å². The third-order valence-corrected chi connectivity index (χ3v) is 3.69. The fourth-order valence-corrected chi connectivity index (χ4v) is 2.96. The molecule has 2 fully saturated rings. The Morgan fingerprint density at radius 3 is 2.64 bits per heavy atom. The summed E-state index contributed by atoms with van der Waals surface area (Å²) in [6, 6.07) is 0. The van der Waals surface area contributed by atoms with Gasteiger partial charge in [0.25, 0.3) is 0 Å². The minimum Gasteiger partial charge on any atom is -0.316 e. The van der Waals surface area contributed by atoms with E-state index in [9.17, 15) is 0 Å². The molecule has 2 unspecified atom stereocenters. The average Bonchev–Trinajstić information content (AvgIpc) is 2.75. The van der Waals surface area contributed by atoms with E-state index in [2.05, 4.69) is 21.8 Å². The van der Waals surface area contributed by atoms with E-state index in [4.69, 9.17) is 0 Å². The Hall–Kier alpha value is -0.900. The molecule has 2 heterocycles. The molecule has 1 aromatic heterocycles. The predicted octanol–water partition coefficient (Wildman–Crippen LogP) is 0.528. The van der Waals surface area contributed by atoms with Crippen LogP contribution in [0.25, 0.3) is 0 Å². The summed E-state index contributed by atoms with van der Waals surface area (Å²) in [5.41, 5.74) is 1.20. The Morgan fingerprint density at radius 2 is 2.07 bits per heavy atom. The lowest BCUT2D eigenvalue weighted by Gasteiger charge is -2.06. The first-order chi connectivity index (χ1) is 6.83. The van der Waals surface area contributed by atoms with Crippen molar-refractivity contribution in [3.8, 4) is 0 Å². The summed E-state index contributed by atoms with van der Waals surface area (Å²) in [7, 11) is 1.94. The van der Waals surface area contributed by atoms with Crippen molar-refractivity contribution in [3.63, 3.8) is 0 Å². The second kappa shape index (κ2) is 3.05. The predicted molar refractivity (Wildman–Crippen MR) is 52.8 cm³/mol. The summed E-state index contributed by atoms with van der Waals surface area (Å²) in [6.45, 7) is 2.42. The van der Waals surface area contributed by atoms with Crippen molar-refractivity contribution in [2.75, 3.05) is 13.1 Å². The number of rotatable bonds is 1. The summed E-state index contributed by atoms with van der Waals surface area (Å²) in [5, 5.41) is 11.7. The number of aromatic nitrogens is 3. The molecule has 0 amide bonds. The standard InChI is InChI=1S/C10H16N4/c1-14-6-10(12-13-14)7-2-8-4-11-5-9(8)3-7/h6-9,11H,2-5H2,1H3. The highest BCUT2D eigenvalue weighted by Crippen LogP contribution is 2.43. The van der Waals surface area contributed by atoms with Gasteiger partial charge < -0.3 is 5.32 Å². The van der Waals surface area contributed by atoms with Crippen molar-refractivity contribution < 1.29 is 0 Å². The molecule has 1 aromatic rings. The maximum absolute atomic E-state index is 4.22. The van der Waals surface area contributed by atoms with Gasteiger partial charge in [-0.1, -0.05) is 5.21 Å². The number of aryl methyl sites for hydroxylation is 1. The van der Waals surface area contributed by atoms with Gasteiger partial charge >= 0.3 is 0 Å². The van der Waals surface area contributed by atoms with Crippen LogP contribution in [0.5, 0.6) is 0 Å². The Labute approximate surface area is 83.7 Å². The lowest BCUT2D eigenvalue weighted by atomic mass is 10.0. The molecule has 1 N–H and O–H groups in total. The molecule has 14 heavy (non-hydrogen) atoms. The fraction of sp³-hybridized carbons (Fsp3) is 0.800. The molecule has 2 aliphatic rings. The van der Waals surface area contributed by atoms with Crippen molar-refractivity contribution in [2.45, 2.75) is 18.8 Å². The van der Waals surface area contributed by atoms with Crippen LogP contribution in [-0.4, -0.2) is 28.1 Å². The first-order valence-electron chi connectivity index (χ1n) is 5.40. The summed E-state index contributed by atoms with van der Waals surface area (Å²) < 4.78 is 1.81. The van der Waals surface area contributed by atoms with Crippen LogP contribution in [0.15, 0.2) is 6.20 Å². The van der Waals surface area contributed by atoms with E-state index in [1.165, 1.54) is 31.6 Å². The van der Waals surface area contributed by atoms with Gasteiger partial charge in [-0.3, -0.25) is 4.68 Å². The first-order valence-corrected chi connectivity index (χ1v) is 5.40. The van der Waals surface area contributed by atoms with Crippen LogP contribution in [0.4, 0.5) is 0 Å². The highest BCUT2D eigenvalue weighted by atomic mass is 15.4. The summed E-state index contributed by atoms with van der Waals surface area (Å²) in [6.07, 6.45) is 4.67. The molecule has 1 saturated heterocycles. The molecule has 1 saturated carbocycles. The van der Waals surface area contributed by atoms with Crippen LogP contribution in [0, 0.1) is 11.8 Å². The van der Waals surface area contributed by atoms with Crippen molar-refractivity contribution in [2.24, 2.45) is 18.9 Å². The lowest BCUT2D eigenvalue weighted by Crippen LogP contribution is -2.11. The first kappa shape index (κ1) is 8.41. The van der Waals surface area contributed by atoms with Crippen LogP contribution in [0.2, 0.25) is 0 Å². The molecular formula is C10H16N4. The third kappa shape index (κ3) is 1.25. The number of fused-ring (bicyclic) bond motifs is 1. The zero-order chi connectivity index (χ0) is 9.54. The molecule has 0 bridgehead atoms. The Balaban J connectivity index is 1.76. The summed E-state index contributed by atoms with van der Waals surface area (Å²) in [5.74, 6) is 2.45.